The first-order valence-electron chi connectivity index (χ1n) is 12.5. The van der Waals surface area contributed by atoms with Gasteiger partial charge in [0.05, 0.1) is 23.7 Å². The molecule has 1 amide bonds. The van der Waals surface area contributed by atoms with Crippen molar-refractivity contribution >= 4 is 41.6 Å². The van der Waals surface area contributed by atoms with E-state index in [4.69, 9.17) is 0 Å². The number of carbonyl (C=O) groups is 1. The van der Waals surface area contributed by atoms with E-state index in [0.29, 0.717) is 5.82 Å². The second-order valence-electron chi connectivity index (χ2n) is 9.41. The topological polar surface area (TPSA) is 114 Å². The minimum absolute atomic E-state index is 0.0262. The predicted octanol–water partition coefficient (Wildman–Crippen LogP) is 2.60. The Bertz CT molecular complexity index is 1350. The Morgan fingerprint density at radius 2 is 1.90 bits per heavy atom. The molecule has 4 heterocycles. The molecule has 2 aromatic rings. The van der Waals surface area contributed by atoms with Gasteiger partial charge < -0.3 is 25.3 Å². The maximum absolute atomic E-state index is 16.0. The van der Waals surface area contributed by atoms with Crippen LogP contribution in [0, 0.1) is 5.82 Å². The molecule has 2 aromatic heterocycles. The summed E-state index contributed by atoms with van der Waals surface area (Å²) in [6.45, 7) is 10.7. The van der Waals surface area contributed by atoms with Crippen LogP contribution in [0.1, 0.15) is 19.5 Å². The van der Waals surface area contributed by atoms with E-state index in [1.807, 2.05) is 6.07 Å². The Morgan fingerprint density at radius 3 is 2.46 bits per heavy atom. The van der Waals surface area contributed by atoms with Gasteiger partial charge in [-0.25, -0.2) is 23.7 Å². The smallest absolute Gasteiger partial charge is 0.273 e. The number of anilines is 3. The lowest BCUT2D eigenvalue weighted by Crippen LogP contribution is -2.43. The SMILES string of the molecule is C=N/C(=C1/C(F)=C(C(=O)N(C)C)N(C(C)C)/C1=N/C)c1nc(Nc2ccc(N3CCNCC3)cn2)ncc1F. The van der Waals surface area contributed by atoms with E-state index in [1.165, 1.54) is 30.9 Å². The second-order valence-corrected chi connectivity index (χ2v) is 9.41. The molecular weight excluding hydrogens is 506 g/mol. The number of amides is 1. The van der Waals surface area contributed by atoms with Crippen molar-refractivity contribution in [1.82, 2.24) is 30.1 Å². The normalized spacial score (nSPS) is 18.2. The molecule has 2 N–H and O–H groups in total. The van der Waals surface area contributed by atoms with E-state index >= 15 is 8.78 Å². The highest BCUT2D eigenvalue weighted by atomic mass is 19.1. The van der Waals surface area contributed by atoms with E-state index in [9.17, 15) is 4.79 Å². The average Bonchev–Trinajstić information content (AvgIpc) is 3.23. The molecule has 2 aliphatic heterocycles. The summed E-state index contributed by atoms with van der Waals surface area (Å²) < 4.78 is 31.1. The zero-order chi connectivity index (χ0) is 28.3. The Labute approximate surface area is 226 Å². The number of hydrogen-bond donors (Lipinski definition) is 2. The van der Waals surface area contributed by atoms with Gasteiger partial charge in [0.2, 0.25) is 5.95 Å². The fraction of sp³-hybridized carbons (Fsp3) is 0.385. The van der Waals surface area contributed by atoms with Crippen LogP contribution in [0.4, 0.5) is 26.2 Å². The van der Waals surface area contributed by atoms with Crippen LogP contribution >= 0.6 is 0 Å². The lowest BCUT2D eigenvalue weighted by molar-refractivity contribution is -0.126. The lowest BCUT2D eigenvalue weighted by atomic mass is 10.1. The van der Waals surface area contributed by atoms with Gasteiger partial charge in [0, 0.05) is 53.4 Å². The predicted molar refractivity (Wildman–Crippen MR) is 148 cm³/mol. The average molecular weight is 539 g/mol. The molecule has 4 rings (SSSR count). The number of likely N-dealkylation sites (N-methyl/N-ethyl adjacent to an activating group) is 1. The zero-order valence-corrected chi connectivity index (χ0v) is 22.7. The molecule has 0 bridgehead atoms. The first kappa shape index (κ1) is 27.8. The van der Waals surface area contributed by atoms with Crippen LogP contribution in [0.3, 0.4) is 0 Å². The minimum atomic E-state index is -0.886. The number of pyridine rings is 1. The highest BCUT2D eigenvalue weighted by molar-refractivity contribution is 6.17. The molecule has 0 saturated carbocycles. The Kier molecular flexibility index (Phi) is 8.29. The molecule has 0 radical (unpaired) electrons. The number of rotatable bonds is 7. The summed E-state index contributed by atoms with van der Waals surface area (Å²) in [7, 11) is 4.50. The number of nitrogens with one attached hydrogen (secondary N) is 2. The molecule has 39 heavy (non-hydrogen) atoms. The molecule has 0 spiro atoms. The summed E-state index contributed by atoms with van der Waals surface area (Å²) in [5.74, 6) is -1.71. The number of aromatic nitrogens is 3. The largest absolute Gasteiger partial charge is 0.368 e. The number of piperazine rings is 1. The van der Waals surface area contributed by atoms with Gasteiger partial charge in [-0.2, -0.15) is 0 Å². The maximum atomic E-state index is 16.0. The van der Waals surface area contributed by atoms with Crippen LogP contribution in [0.5, 0.6) is 0 Å². The maximum Gasteiger partial charge on any atom is 0.273 e. The van der Waals surface area contributed by atoms with Crippen LogP contribution in [0.2, 0.25) is 0 Å². The van der Waals surface area contributed by atoms with E-state index in [0.717, 1.165) is 38.1 Å². The van der Waals surface area contributed by atoms with Crippen molar-refractivity contribution in [3.8, 4) is 0 Å². The number of halogens is 2. The number of carbonyl (C=O) groups excluding carboxylic acids is 1. The molecule has 0 atom stereocenters. The first-order chi connectivity index (χ1) is 18.7. The number of aliphatic imine (C=N–C) groups is 2. The Balaban J connectivity index is 1.73. The quantitative estimate of drug-likeness (QED) is 0.517. The van der Waals surface area contributed by atoms with Gasteiger partial charge in [0.25, 0.3) is 5.91 Å². The fourth-order valence-corrected chi connectivity index (χ4v) is 4.44. The van der Waals surface area contributed by atoms with Gasteiger partial charge in [0.15, 0.2) is 11.6 Å². The Hall–Kier alpha value is -4.26. The third-order valence-electron chi connectivity index (χ3n) is 6.29. The van der Waals surface area contributed by atoms with Gasteiger partial charge in [-0.1, -0.05) is 0 Å². The van der Waals surface area contributed by atoms with Crippen molar-refractivity contribution < 1.29 is 13.6 Å². The standard InChI is InChI=1S/C26H32F2N10O/c1-15(2)38-23(25(39)36(5)6)20(28)19(24(38)30-4)22(29-3)21-17(27)14-33-26(35-21)34-18-8-7-16(13-32-18)37-11-9-31-10-12-37/h7-8,13-15,31H,3,9-12H2,1-2,4-6H3,(H,32,33,34,35)/b22-19-,30-24+. The van der Waals surface area contributed by atoms with Gasteiger partial charge in [-0.15, -0.1) is 0 Å². The van der Waals surface area contributed by atoms with Crippen molar-refractivity contribution in [3.63, 3.8) is 0 Å². The number of amidine groups is 1. The van der Waals surface area contributed by atoms with Crippen LogP contribution in [0.25, 0.3) is 5.70 Å². The van der Waals surface area contributed by atoms with Gasteiger partial charge in [-0.3, -0.25) is 14.8 Å². The van der Waals surface area contributed by atoms with E-state index in [2.05, 4.69) is 47.2 Å². The fourth-order valence-electron chi connectivity index (χ4n) is 4.44. The van der Waals surface area contributed by atoms with Crippen LogP contribution < -0.4 is 15.5 Å². The lowest BCUT2D eigenvalue weighted by Gasteiger charge is -2.29. The monoisotopic (exact) mass is 538 g/mol. The molecule has 0 aliphatic carbocycles. The first-order valence-corrected chi connectivity index (χ1v) is 12.5. The minimum Gasteiger partial charge on any atom is -0.368 e. The second kappa shape index (κ2) is 11.6. The zero-order valence-electron chi connectivity index (χ0n) is 22.7. The van der Waals surface area contributed by atoms with Crippen molar-refractivity contribution in [3.05, 3.63) is 53.1 Å². The van der Waals surface area contributed by atoms with Gasteiger partial charge in [0.1, 0.15) is 28.7 Å². The van der Waals surface area contributed by atoms with Crippen molar-refractivity contribution in [2.24, 2.45) is 9.98 Å². The van der Waals surface area contributed by atoms with Crippen LogP contribution in [-0.4, -0.2) is 96.6 Å². The van der Waals surface area contributed by atoms with Gasteiger partial charge in [-0.05, 0) is 32.7 Å². The van der Waals surface area contributed by atoms with Crippen molar-refractivity contribution in [1.29, 1.82) is 0 Å². The molecule has 206 valence electrons. The molecule has 1 saturated heterocycles. The molecular formula is C26H32F2N10O. The number of hydrogen-bond acceptors (Lipinski definition) is 9. The number of nitrogens with zero attached hydrogens (tertiary/aromatic N) is 8. The third-order valence-corrected chi connectivity index (χ3v) is 6.29. The summed E-state index contributed by atoms with van der Waals surface area (Å²) in [5.41, 5.74) is 0.0962. The highest BCUT2D eigenvalue weighted by Gasteiger charge is 2.42. The summed E-state index contributed by atoms with van der Waals surface area (Å²) in [6.07, 6.45) is 2.69. The van der Waals surface area contributed by atoms with E-state index in [-0.39, 0.29) is 40.5 Å². The molecule has 2 aliphatic rings. The van der Waals surface area contributed by atoms with E-state index in [1.54, 1.807) is 26.1 Å². The molecule has 13 heteroatoms. The van der Waals surface area contributed by atoms with Crippen molar-refractivity contribution in [2.75, 3.05) is 57.5 Å². The summed E-state index contributed by atoms with van der Waals surface area (Å²) in [4.78, 5) is 38.7. The highest BCUT2D eigenvalue weighted by Crippen LogP contribution is 2.39. The summed E-state index contributed by atoms with van der Waals surface area (Å²) in [6, 6.07) is 3.37. The third kappa shape index (κ3) is 5.48. The molecule has 0 aromatic carbocycles. The van der Waals surface area contributed by atoms with Crippen LogP contribution in [0.15, 0.2) is 51.6 Å². The summed E-state index contributed by atoms with van der Waals surface area (Å²) >= 11 is 0. The molecule has 11 nitrogen and oxygen atoms in total. The molecule has 1 fully saturated rings. The van der Waals surface area contributed by atoms with Gasteiger partial charge >= 0.3 is 0 Å². The summed E-state index contributed by atoms with van der Waals surface area (Å²) in [5, 5.41) is 6.26. The van der Waals surface area contributed by atoms with Crippen molar-refractivity contribution in [2.45, 2.75) is 19.9 Å². The Morgan fingerprint density at radius 1 is 1.18 bits per heavy atom. The van der Waals surface area contributed by atoms with Crippen LogP contribution in [-0.2, 0) is 4.79 Å². The van der Waals surface area contributed by atoms with E-state index < -0.39 is 17.6 Å². The molecule has 0 unspecified atom stereocenters.